The Morgan fingerprint density at radius 3 is 2.33 bits per heavy atom. The predicted molar refractivity (Wildman–Crippen MR) is 84.4 cm³/mol. The van der Waals surface area contributed by atoms with Gasteiger partial charge in [-0.15, -0.1) is 0 Å². The van der Waals surface area contributed by atoms with Crippen LogP contribution in [0.25, 0.3) is 0 Å². The van der Waals surface area contributed by atoms with Crippen LogP contribution in [-0.4, -0.2) is 22.6 Å². The zero-order valence-electron chi connectivity index (χ0n) is 12.4. The van der Waals surface area contributed by atoms with Gasteiger partial charge in [-0.2, -0.15) is 0 Å². The number of rotatable bonds is 5. The third kappa shape index (κ3) is 3.03. The summed E-state index contributed by atoms with van der Waals surface area (Å²) >= 11 is 0. The molecule has 0 heterocycles. The summed E-state index contributed by atoms with van der Waals surface area (Å²) in [6, 6.07) is 14.2. The molecule has 5 heteroatoms. The quantitative estimate of drug-likeness (QED) is 0.853. The Hall–Kier alpha value is -2.01. The summed E-state index contributed by atoms with van der Waals surface area (Å²) < 4.78 is 32.1. The molecule has 0 bridgehead atoms. The van der Waals surface area contributed by atoms with Crippen molar-refractivity contribution in [2.75, 3.05) is 18.5 Å². The highest BCUT2D eigenvalue weighted by Gasteiger charge is 2.25. The lowest BCUT2D eigenvalue weighted by Crippen LogP contribution is -2.27. The summed E-state index contributed by atoms with van der Waals surface area (Å²) in [5.74, 6) is 0.356. The average molecular weight is 305 g/mol. The lowest BCUT2D eigenvalue weighted by atomic mass is 10.2. The highest BCUT2D eigenvalue weighted by Crippen LogP contribution is 2.29. The van der Waals surface area contributed by atoms with E-state index in [1.54, 1.807) is 43.4 Å². The first-order chi connectivity index (χ1) is 10.0. The minimum atomic E-state index is -3.66. The van der Waals surface area contributed by atoms with Crippen molar-refractivity contribution >= 4 is 15.7 Å². The second-order valence-electron chi connectivity index (χ2n) is 4.65. The van der Waals surface area contributed by atoms with Gasteiger partial charge in [0.15, 0.2) is 0 Å². The van der Waals surface area contributed by atoms with Crippen molar-refractivity contribution in [2.24, 2.45) is 0 Å². The smallest absolute Gasteiger partial charge is 0.267 e. The van der Waals surface area contributed by atoms with E-state index in [0.29, 0.717) is 11.4 Å². The maximum absolute atomic E-state index is 12.8. The van der Waals surface area contributed by atoms with Crippen molar-refractivity contribution < 1.29 is 13.2 Å². The maximum Gasteiger partial charge on any atom is 0.267 e. The molecule has 0 fully saturated rings. The second-order valence-corrected chi connectivity index (χ2v) is 6.58. The van der Waals surface area contributed by atoms with Crippen LogP contribution in [0.1, 0.15) is 12.5 Å². The molecule has 0 unspecified atom stereocenters. The average Bonchev–Trinajstić information content (AvgIpc) is 2.54. The molecule has 0 aliphatic rings. The van der Waals surface area contributed by atoms with E-state index in [1.165, 1.54) is 11.4 Å². The monoisotopic (exact) mass is 305 g/mol. The van der Waals surface area contributed by atoms with Crippen molar-refractivity contribution in [1.29, 1.82) is 0 Å². The number of aryl methyl sites for hydroxylation is 1. The van der Waals surface area contributed by atoms with Crippen LogP contribution >= 0.6 is 0 Å². The standard InChI is InChI=1S/C16H19NO3S/c1-4-13-10-11-15(20-3)16(12-13)21(18,19)17(2)14-8-6-5-7-9-14/h5-12H,4H2,1-3H3. The van der Waals surface area contributed by atoms with E-state index in [9.17, 15) is 8.42 Å². The fourth-order valence-electron chi connectivity index (χ4n) is 2.07. The van der Waals surface area contributed by atoms with Gasteiger partial charge in [0.05, 0.1) is 12.8 Å². The van der Waals surface area contributed by atoms with E-state index in [-0.39, 0.29) is 4.90 Å². The SMILES string of the molecule is CCc1ccc(OC)c(S(=O)(=O)N(C)c2ccccc2)c1. The molecule has 2 aromatic rings. The molecule has 0 atom stereocenters. The number of benzene rings is 2. The van der Waals surface area contributed by atoms with E-state index in [0.717, 1.165) is 12.0 Å². The Labute approximate surface area is 126 Å². The molecular formula is C16H19NO3S. The molecule has 4 nitrogen and oxygen atoms in total. The van der Waals surface area contributed by atoms with Crippen molar-refractivity contribution in [3.63, 3.8) is 0 Å². The third-order valence-electron chi connectivity index (χ3n) is 3.39. The molecule has 0 aliphatic heterocycles. The fraction of sp³-hybridized carbons (Fsp3) is 0.250. The van der Waals surface area contributed by atoms with Crippen LogP contribution in [0, 0.1) is 0 Å². The van der Waals surface area contributed by atoms with E-state index < -0.39 is 10.0 Å². The molecule has 0 radical (unpaired) electrons. The van der Waals surface area contributed by atoms with E-state index >= 15 is 0 Å². The van der Waals surface area contributed by atoms with E-state index in [4.69, 9.17) is 4.74 Å². The van der Waals surface area contributed by atoms with Crippen molar-refractivity contribution in [1.82, 2.24) is 0 Å². The van der Waals surface area contributed by atoms with Crippen LogP contribution in [0.15, 0.2) is 53.4 Å². The number of nitrogens with zero attached hydrogens (tertiary/aromatic N) is 1. The van der Waals surface area contributed by atoms with Gasteiger partial charge in [-0.25, -0.2) is 8.42 Å². The molecular weight excluding hydrogens is 286 g/mol. The molecule has 21 heavy (non-hydrogen) atoms. The van der Waals surface area contributed by atoms with Crippen LogP contribution in [0.2, 0.25) is 0 Å². The zero-order valence-corrected chi connectivity index (χ0v) is 13.2. The van der Waals surface area contributed by atoms with Gasteiger partial charge in [0.1, 0.15) is 10.6 Å². The number of para-hydroxylation sites is 1. The molecule has 2 aromatic carbocycles. The predicted octanol–water partition coefficient (Wildman–Crippen LogP) is 3.08. The lowest BCUT2D eigenvalue weighted by molar-refractivity contribution is 0.402. The molecule has 112 valence electrons. The molecule has 0 aliphatic carbocycles. The molecule has 0 saturated carbocycles. The van der Waals surface area contributed by atoms with Gasteiger partial charge >= 0.3 is 0 Å². The Bertz CT molecular complexity index is 712. The van der Waals surface area contributed by atoms with Gasteiger partial charge in [0.25, 0.3) is 10.0 Å². The van der Waals surface area contributed by atoms with E-state index in [2.05, 4.69) is 0 Å². The van der Waals surface area contributed by atoms with Gasteiger partial charge < -0.3 is 4.74 Å². The second kappa shape index (κ2) is 6.18. The van der Waals surface area contributed by atoms with Crippen molar-refractivity contribution in [3.05, 3.63) is 54.1 Å². The fourth-order valence-corrected chi connectivity index (χ4v) is 3.47. The van der Waals surface area contributed by atoms with Crippen LogP contribution in [0.4, 0.5) is 5.69 Å². The number of hydrogen-bond donors (Lipinski definition) is 0. The highest BCUT2D eigenvalue weighted by atomic mass is 32.2. The first-order valence-corrected chi connectivity index (χ1v) is 8.15. The van der Waals surface area contributed by atoms with Crippen LogP contribution in [0.5, 0.6) is 5.75 Å². The Morgan fingerprint density at radius 2 is 1.76 bits per heavy atom. The first kappa shape index (κ1) is 15.4. The Balaban J connectivity index is 2.53. The molecule has 0 spiro atoms. The Kier molecular flexibility index (Phi) is 4.53. The van der Waals surface area contributed by atoms with Crippen LogP contribution in [0.3, 0.4) is 0 Å². The minimum Gasteiger partial charge on any atom is -0.495 e. The number of methoxy groups -OCH3 is 1. The zero-order chi connectivity index (χ0) is 15.5. The number of hydrogen-bond acceptors (Lipinski definition) is 3. The van der Waals surface area contributed by atoms with Gasteiger partial charge in [-0.3, -0.25) is 4.31 Å². The number of sulfonamides is 1. The summed E-state index contributed by atoms with van der Waals surface area (Å²) in [4.78, 5) is 0.190. The van der Waals surface area contributed by atoms with Gasteiger partial charge in [-0.05, 0) is 36.2 Å². The number of anilines is 1. The molecule has 0 saturated heterocycles. The van der Waals surface area contributed by atoms with E-state index in [1.807, 2.05) is 19.1 Å². The molecule has 0 aromatic heterocycles. The Morgan fingerprint density at radius 1 is 1.10 bits per heavy atom. The van der Waals surface area contributed by atoms with Crippen LogP contribution < -0.4 is 9.04 Å². The van der Waals surface area contributed by atoms with Crippen molar-refractivity contribution in [3.8, 4) is 5.75 Å². The minimum absolute atomic E-state index is 0.190. The van der Waals surface area contributed by atoms with Crippen molar-refractivity contribution in [2.45, 2.75) is 18.2 Å². The molecule has 0 N–H and O–H groups in total. The lowest BCUT2D eigenvalue weighted by Gasteiger charge is -2.21. The van der Waals surface area contributed by atoms with Gasteiger partial charge in [0.2, 0.25) is 0 Å². The third-order valence-corrected chi connectivity index (χ3v) is 5.20. The van der Waals surface area contributed by atoms with Gasteiger partial charge in [0, 0.05) is 7.05 Å². The summed E-state index contributed by atoms with van der Waals surface area (Å²) in [6.45, 7) is 1.99. The highest BCUT2D eigenvalue weighted by molar-refractivity contribution is 7.92. The summed E-state index contributed by atoms with van der Waals surface area (Å²) in [7, 11) is -0.640. The maximum atomic E-state index is 12.8. The first-order valence-electron chi connectivity index (χ1n) is 6.71. The molecule has 0 amide bonds. The summed E-state index contributed by atoms with van der Waals surface area (Å²) in [5, 5.41) is 0. The molecule has 2 rings (SSSR count). The van der Waals surface area contributed by atoms with Crippen LogP contribution in [-0.2, 0) is 16.4 Å². The topological polar surface area (TPSA) is 46.6 Å². The van der Waals surface area contributed by atoms with Gasteiger partial charge in [-0.1, -0.05) is 31.2 Å². The number of ether oxygens (including phenoxy) is 1. The largest absolute Gasteiger partial charge is 0.495 e. The summed E-state index contributed by atoms with van der Waals surface area (Å²) in [6.07, 6.45) is 0.765. The summed E-state index contributed by atoms with van der Waals surface area (Å²) in [5.41, 5.74) is 1.57. The normalized spacial score (nSPS) is 11.2.